The molecule has 170 valence electrons. The molecule has 3 heterocycles. The number of fused-ring (bicyclic) bond motifs is 1. The molecule has 0 spiro atoms. The highest BCUT2D eigenvalue weighted by Gasteiger charge is 2.31. The zero-order valence-electron chi connectivity index (χ0n) is 17.7. The number of sulfone groups is 1. The van der Waals surface area contributed by atoms with E-state index in [-0.39, 0.29) is 35.3 Å². The fourth-order valence-corrected chi connectivity index (χ4v) is 4.91. The molecule has 0 bridgehead atoms. The molecule has 0 saturated carbocycles. The van der Waals surface area contributed by atoms with E-state index in [0.29, 0.717) is 40.6 Å². The second-order valence-corrected chi connectivity index (χ2v) is 10.0. The van der Waals surface area contributed by atoms with Crippen molar-refractivity contribution < 1.29 is 22.3 Å². The summed E-state index contributed by atoms with van der Waals surface area (Å²) in [7, 11) is -3.35. The number of anilines is 1. The molecule has 5 rings (SSSR count). The molecular weight excluding hydrogens is 447 g/mol. The summed E-state index contributed by atoms with van der Waals surface area (Å²) in [6.07, 6.45) is 2.12. The van der Waals surface area contributed by atoms with Crippen LogP contribution in [0.4, 0.5) is 10.2 Å². The first-order valence-electron chi connectivity index (χ1n) is 10.2. The van der Waals surface area contributed by atoms with E-state index in [1.165, 1.54) is 22.8 Å². The number of nitrogens with zero attached hydrogens (tertiary/aromatic N) is 1. The van der Waals surface area contributed by atoms with Crippen LogP contribution in [0.3, 0.4) is 0 Å². The Bertz CT molecular complexity index is 1450. The Morgan fingerprint density at radius 3 is 2.48 bits per heavy atom. The minimum absolute atomic E-state index is 0.00706. The summed E-state index contributed by atoms with van der Waals surface area (Å²) in [5.74, 6) is 0.901. The molecule has 3 N–H and O–H groups in total. The van der Waals surface area contributed by atoms with Gasteiger partial charge in [-0.2, -0.15) is 0 Å². The molecule has 33 heavy (non-hydrogen) atoms. The van der Waals surface area contributed by atoms with Crippen molar-refractivity contribution in [2.45, 2.75) is 17.4 Å². The van der Waals surface area contributed by atoms with Crippen LogP contribution in [0.5, 0.6) is 11.5 Å². The normalized spacial score (nSPS) is 16.7. The van der Waals surface area contributed by atoms with Gasteiger partial charge >= 0.3 is 0 Å². The van der Waals surface area contributed by atoms with E-state index in [2.05, 4.69) is 5.32 Å². The molecule has 0 fully saturated rings. The molecule has 2 aliphatic rings. The molecule has 10 heteroatoms. The van der Waals surface area contributed by atoms with Crippen molar-refractivity contribution in [1.29, 1.82) is 10.8 Å². The largest absolute Gasteiger partial charge is 0.493 e. The minimum atomic E-state index is -3.35. The Kier molecular flexibility index (Phi) is 4.97. The lowest BCUT2D eigenvalue weighted by Gasteiger charge is -2.19. The van der Waals surface area contributed by atoms with Crippen molar-refractivity contribution in [3.8, 4) is 22.6 Å². The zero-order valence-corrected chi connectivity index (χ0v) is 18.5. The van der Waals surface area contributed by atoms with Gasteiger partial charge in [0.2, 0.25) is 0 Å². The van der Waals surface area contributed by atoms with E-state index in [0.717, 1.165) is 18.2 Å². The molecule has 2 aliphatic heterocycles. The number of rotatable bonds is 3. The smallest absolute Gasteiger partial charge is 0.175 e. The summed E-state index contributed by atoms with van der Waals surface area (Å²) >= 11 is 0. The Hall–Kier alpha value is -3.66. The monoisotopic (exact) mass is 468 g/mol. The topological polar surface area (TPSA) is 117 Å². The maximum absolute atomic E-state index is 14.7. The number of halogens is 1. The predicted octanol–water partition coefficient (Wildman–Crippen LogP) is 3.11. The molecular formula is C23H21FN4O4S. The summed E-state index contributed by atoms with van der Waals surface area (Å²) in [6, 6.07) is 10.9. The van der Waals surface area contributed by atoms with E-state index < -0.39 is 9.84 Å². The Morgan fingerprint density at radius 2 is 1.82 bits per heavy atom. The van der Waals surface area contributed by atoms with Gasteiger partial charge in [0.05, 0.1) is 30.4 Å². The predicted molar refractivity (Wildman–Crippen MR) is 120 cm³/mol. The van der Waals surface area contributed by atoms with Crippen molar-refractivity contribution in [1.82, 2.24) is 4.57 Å². The van der Waals surface area contributed by atoms with Gasteiger partial charge in [0.25, 0.3) is 0 Å². The lowest BCUT2D eigenvalue weighted by atomic mass is 9.96. The SMILES string of the molecule is CS(=O)(=O)c1ccc(-c2cc3c(n(C=N)c2=N)NCc2c(F)ccc4c2[C@H](CO4)CO3)cc1. The number of hydrogen-bond donors (Lipinski definition) is 3. The van der Waals surface area contributed by atoms with Gasteiger partial charge in [-0.25, -0.2) is 12.8 Å². The number of hydrogen-bond acceptors (Lipinski definition) is 7. The average molecular weight is 469 g/mol. The van der Waals surface area contributed by atoms with Crippen molar-refractivity contribution in [2.24, 2.45) is 0 Å². The molecule has 8 nitrogen and oxygen atoms in total. The highest BCUT2D eigenvalue weighted by atomic mass is 32.2. The number of pyridine rings is 1. The summed E-state index contributed by atoms with van der Waals surface area (Å²) in [4.78, 5) is 0.176. The van der Waals surface area contributed by atoms with Gasteiger partial charge in [-0.05, 0) is 35.9 Å². The first-order valence-corrected chi connectivity index (χ1v) is 12.1. The lowest BCUT2D eigenvalue weighted by Crippen LogP contribution is -2.25. The molecule has 1 atom stereocenters. The Morgan fingerprint density at radius 1 is 1.12 bits per heavy atom. The molecule has 0 unspecified atom stereocenters. The Balaban J connectivity index is 1.62. The summed E-state index contributed by atoms with van der Waals surface area (Å²) < 4.78 is 51.4. The number of benzene rings is 2. The van der Waals surface area contributed by atoms with Gasteiger partial charge in [0.15, 0.2) is 21.4 Å². The highest BCUT2D eigenvalue weighted by molar-refractivity contribution is 7.90. The fourth-order valence-electron chi connectivity index (χ4n) is 4.28. The van der Waals surface area contributed by atoms with Crippen molar-refractivity contribution in [2.75, 3.05) is 24.8 Å². The van der Waals surface area contributed by atoms with Crippen molar-refractivity contribution in [3.05, 3.63) is 64.9 Å². The third-order valence-electron chi connectivity index (χ3n) is 5.95. The van der Waals surface area contributed by atoms with Gasteiger partial charge in [0.1, 0.15) is 17.1 Å². The zero-order chi connectivity index (χ0) is 23.3. The van der Waals surface area contributed by atoms with Crippen molar-refractivity contribution in [3.63, 3.8) is 0 Å². The molecule has 0 aliphatic carbocycles. The van der Waals surface area contributed by atoms with E-state index in [4.69, 9.17) is 20.3 Å². The minimum Gasteiger partial charge on any atom is -0.493 e. The third kappa shape index (κ3) is 3.56. The lowest BCUT2D eigenvalue weighted by molar-refractivity contribution is 0.248. The van der Waals surface area contributed by atoms with Gasteiger partial charge < -0.3 is 14.8 Å². The first kappa shape index (κ1) is 21.2. The second kappa shape index (κ2) is 7.73. The van der Waals surface area contributed by atoms with E-state index >= 15 is 0 Å². The summed E-state index contributed by atoms with van der Waals surface area (Å²) in [5.41, 5.74) is 2.34. The van der Waals surface area contributed by atoms with Crippen LogP contribution in [-0.4, -0.2) is 38.8 Å². The van der Waals surface area contributed by atoms with Gasteiger partial charge in [-0.1, -0.05) is 12.1 Å². The van der Waals surface area contributed by atoms with Crippen LogP contribution in [0, 0.1) is 16.6 Å². The molecule has 0 radical (unpaired) electrons. The van der Waals surface area contributed by atoms with Crippen molar-refractivity contribution >= 4 is 22.0 Å². The molecule has 3 aromatic rings. The second-order valence-electron chi connectivity index (χ2n) is 8.03. The van der Waals surface area contributed by atoms with Gasteiger partial charge in [-0.15, -0.1) is 0 Å². The molecule has 2 aromatic carbocycles. The van der Waals surface area contributed by atoms with Crippen LogP contribution in [0.1, 0.15) is 17.0 Å². The van der Waals surface area contributed by atoms with Crippen LogP contribution >= 0.6 is 0 Å². The van der Waals surface area contributed by atoms with E-state index in [1.54, 1.807) is 24.3 Å². The summed E-state index contributed by atoms with van der Waals surface area (Å²) in [5, 5.41) is 19.7. The van der Waals surface area contributed by atoms with Crippen LogP contribution < -0.4 is 20.3 Å². The molecule has 0 saturated heterocycles. The van der Waals surface area contributed by atoms with E-state index in [9.17, 15) is 12.8 Å². The first-order chi connectivity index (χ1) is 15.8. The van der Waals surface area contributed by atoms with Crippen LogP contribution in [0.2, 0.25) is 0 Å². The Labute approximate surface area is 189 Å². The number of aromatic nitrogens is 1. The van der Waals surface area contributed by atoms with Crippen LogP contribution in [0.15, 0.2) is 47.4 Å². The van der Waals surface area contributed by atoms with E-state index in [1.807, 2.05) is 0 Å². The van der Waals surface area contributed by atoms with Crippen LogP contribution in [-0.2, 0) is 16.4 Å². The van der Waals surface area contributed by atoms with Crippen LogP contribution in [0.25, 0.3) is 11.1 Å². The highest BCUT2D eigenvalue weighted by Crippen LogP contribution is 2.40. The van der Waals surface area contributed by atoms with Gasteiger partial charge in [-0.3, -0.25) is 15.4 Å². The standard InChI is InChI=1S/C23H21FN4O4S/c1-33(29,30)15-4-2-13(3-5-15)16-8-20-23(28(12-25)22(16)26)27-9-17-18(24)6-7-19-21(17)14(10-31-19)11-32-20/h2-8,12,14,25-27H,9-11H2,1H3/t14-/m1/s1. The van der Waals surface area contributed by atoms with Gasteiger partial charge in [0, 0.05) is 29.5 Å². The average Bonchev–Trinajstić information content (AvgIpc) is 3.22. The third-order valence-corrected chi connectivity index (χ3v) is 7.08. The molecule has 1 aromatic heterocycles. The quantitative estimate of drug-likeness (QED) is 0.403. The maximum Gasteiger partial charge on any atom is 0.175 e. The number of nitrogens with one attached hydrogen (secondary N) is 3. The summed E-state index contributed by atoms with van der Waals surface area (Å²) in [6.45, 7) is 0.753. The number of ether oxygens (including phenoxy) is 2. The maximum atomic E-state index is 14.7. The molecule has 0 amide bonds. The fraction of sp³-hybridized carbons (Fsp3) is 0.217.